The molecule has 2 atom stereocenters. The van der Waals surface area contributed by atoms with Crippen LogP contribution in [0.15, 0.2) is 24.3 Å². The lowest BCUT2D eigenvalue weighted by Crippen LogP contribution is -2.48. The van der Waals surface area contributed by atoms with Gasteiger partial charge < -0.3 is 19.4 Å². The molecule has 3 heterocycles. The van der Waals surface area contributed by atoms with Crippen molar-refractivity contribution in [3.8, 4) is 0 Å². The third-order valence-electron chi connectivity index (χ3n) is 6.29. The molecule has 0 bridgehead atoms. The summed E-state index contributed by atoms with van der Waals surface area (Å²) in [6, 6.07) is 8.81. The van der Waals surface area contributed by atoms with E-state index in [9.17, 15) is 9.59 Å². The van der Waals surface area contributed by atoms with Gasteiger partial charge in [-0.2, -0.15) is 0 Å². The number of ether oxygens (including phenoxy) is 1. The summed E-state index contributed by atoms with van der Waals surface area (Å²) >= 11 is 0. The highest BCUT2D eigenvalue weighted by molar-refractivity contribution is 6.01. The van der Waals surface area contributed by atoms with Crippen molar-refractivity contribution in [2.45, 2.75) is 56.8 Å². The fraction of sp³-hybridized carbons (Fsp3) is 0.619. The fourth-order valence-electron chi connectivity index (χ4n) is 4.69. The van der Waals surface area contributed by atoms with E-state index in [-0.39, 0.29) is 11.8 Å². The van der Waals surface area contributed by atoms with Gasteiger partial charge in [-0.05, 0) is 50.7 Å². The first-order chi connectivity index (χ1) is 13.2. The van der Waals surface area contributed by atoms with Crippen LogP contribution in [0.1, 0.15) is 38.5 Å². The van der Waals surface area contributed by atoms with Crippen molar-refractivity contribution >= 4 is 23.2 Å². The molecule has 6 nitrogen and oxygen atoms in total. The van der Waals surface area contributed by atoms with Gasteiger partial charge >= 0.3 is 0 Å². The Morgan fingerprint density at radius 1 is 0.815 bits per heavy atom. The summed E-state index contributed by atoms with van der Waals surface area (Å²) in [7, 11) is 0. The summed E-state index contributed by atoms with van der Waals surface area (Å²) in [5, 5.41) is 0. The van der Waals surface area contributed by atoms with Crippen molar-refractivity contribution in [2.24, 2.45) is 0 Å². The zero-order valence-electron chi connectivity index (χ0n) is 15.7. The quantitative estimate of drug-likeness (QED) is 0.819. The highest BCUT2D eigenvalue weighted by Gasteiger charge is 2.41. The van der Waals surface area contributed by atoms with Gasteiger partial charge in [-0.15, -0.1) is 0 Å². The van der Waals surface area contributed by atoms with Gasteiger partial charge in [0.1, 0.15) is 12.2 Å². The molecule has 3 fully saturated rings. The van der Waals surface area contributed by atoms with E-state index in [0.717, 1.165) is 43.9 Å². The molecule has 6 heteroatoms. The van der Waals surface area contributed by atoms with Crippen molar-refractivity contribution < 1.29 is 14.3 Å². The maximum Gasteiger partial charge on any atom is 0.256 e. The number of hydrogen-bond donors (Lipinski definition) is 0. The van der Waals surface area contributed by atoms with Crippen molar-refractivity contribution in [3.05, 3.63) is 24.3 Å². The van der Waals surface area contributed by atoms with Gasteiger partial charge in [-0.25, -0.2) is 0 Å². The number of para-hydroxylation sites is 2. The van der Waals surface area contributed by atoms with Crippen LogP contribution in [0, 0.1) is 0 Å². The molecule has 5 rings (SSSR count). The smallest absolute Gasteiger partial charge is 0.256 e. The second kappa shape index (κ2) is 6.82. The van der Waals surface area contributed by atoms with Crippen molar-refractivity contribution in [3.63, 3.8) is 0 Å². The zero-order valence-corrected chi connectivity index (χ0v) is 15.7. The molecular formula is C21H27N3O3. The maximum atomic E-state index is 13.2. The Labute approximate surface area is 160 Å². The van der Waals surface area contributed by atoms with Crippen LogP contribution in [0.5, 0.6) is 0 Å². The molecule has 0 aromatic heterocycles. The van der Waals surface area contributed by atoms with E-state index in [1.165, 1.54) is 12.8 Å². The summed E-state index contributed by atoms with van der Waals surface area (Å²) in [6.07, 6.45) is 4.97. The van der Waals surface area contributed by atoms with E-state index >= 15 is 0 Å². The number of fused-ring (bicyclic) bond motifs is 1. The van der Waals surface area contributed by atoms with E-state index in [2.05, 4.69) is 11.0 Å². The van der Waals surface area contributed by atoms with Crippen LogP contribution in [-0.2, 0) is 14.3 Å². The second-order valence-corrected chi connectivity index (χ2v) is 8.13. The van der Waals surface area contributed by atoms with E-state index in [4.69, 9.17) is 4.74 Å². The number of nitrogens with zero attached hydrogens (tertiary/aromatic N) is 3. The van der Waals surface area contributed by atoms with Crippen LogP contribution >= 0.6 is 0 Å². The molecule has 0 unspecified atom stereocenters. The number of benzene rings is 1. The van der Waals surface area contributed by atoms with Crippen molar-refractivity contribution in [1.29, 1.82) is 0 Å². The third-order valence-corrected chi connectivity index (χ3v) is 6.29. The number of rotatable bonds is 3. The van der Waals surface area contributed by atoms with Crippen molar-refractivity contribution in [1.82, 2.24) is 4.90 Å². The van der Waals surface area contributed by atoms with Crippen LogP contribution in [0.4, 0.5) is 11.4 Å². The predicted molar refractivity (Wildman–Crippen MR) is 103 cm³/mol. The molecule has 1 aromatic carbocycles. The molecule has 0 spiro atoms. The first-order valence-corrected chi connectivity index (χ1v) is 10.3. The number of carbonyl (C=O) groups excluding carboxylic acids is 2. The molecule has 27 heavy (non-hydrogen) atoms. The van der Waals surface area contributed by atoms with Crippen LogP contribution in [0.25, 0.3) is 0 Å². The number of carbonyl (C=O) groups is 2. The Hall–Kier alpha value is -2.08. The minimum atomic E-state index is -0.498. The lowest BCUT2D eigenvalue weighted by atomic mass is 10.1. The molecule has 4 aliphatic rings. The minimum Gasteiger partial charge on any atom is -0.365 e. The third kappa shape index (κ3) is 3.10. The Kier molecular flexibility index (Phi) is 4.31. The molecule has 144 valence electrons. The Morgan fingerprint density at radius 2 is 1.48 bits per heavy atom. The normalized spacial score (nSPS) is 27.8. The molecule has 0 N–H and O–H groups in total. The average Bonchev–Trinajstić information content (AvgIpc) is 3.20. The summed E-state index contributed by atoms with van der Waals surface area (Å²) in [4.78, 5) is 32.0. The van der Waals surface area contributed by atoms with E-state index in [1.807, 2.05) is 28.0 Å². The highest BCUT2D eigenvalue weighted by atomic mass is 16.5. The zero-order chi connectivity index (χ0) is 18.4. The monoisotopic (exact) mass is 369 g/mol. The Balaban J connectivity index is 1.30. The average molecular weight is 369 g/mol. The van der Waals surface area contributed by atoms with Gasteiger partial charge in [-0.1, -0.05) is 12.1 Å². The summed E-state index contributed by atoms with van der Waals surface area (Å²) < 4.78 is 5.96. The lowest BCUT2D eigenvalue weighted by Gasteiger charge is -2.38. The number of likely N-dealkylation sites (tertiary alicyclic amines) is 1. The molecule has 2 amide bonds. The first-order valence-electron chi connectivity index (χ1n) is 10.3. The molecule has 3 aliphatic heterocycles. The summed E-state index contributed by atoms with van der Waals surface area (Å²) in [5.41, 5.74) is 2.14. The molecule has 2 saturated heterocycles. The summed E-state index contributed by atoms with van der Waals surface area (Å²) in [5.74, 6) is 0.0800. The van der Waals surface area contributed by atoms with E-state index in [0.29, 0.717) is 25.4 Å². The molecule has 0 radical (unpaired) electrons. The largest absolute Gasteiger partial charge is 0.365 e. The van der Waals surface area contributed by atoms with Gasteiger partial charge in [-0.3, -0.25) is 9.59 Å². The Morgan fingerprint density at radius 3 is 2.19 bits per heavy atom. The molecule has 1 saturated carbocycles. The maximum absolute atomic E-state index is 13.2. The van der Waals surface area contributed by atoms with Crippen LogP contribution in [0.3, 0.4) is 0 Å². The molecular weight excluding hydrogens is 342 g/mol. The first kappa shape index (κ1) is 17.0. The second-order valence-electron chi connectivity index (χ2n) is 8.13. The van der Waals surface area contributed by atoms with Gasteiger partial charge in [0.15, 0.2) is 0 Å². The molecule has 1 aromatic rings. The number of amides is 2. The van der Waals surface area contributed by atoms with Crippen LogP contribution in [0.2, 0.25) is 0 Å². The number of anilines is 2. The van der Waals surface area contributed by atoms with E-state index in [1.54, 1.807) is 0 Å². The van der Waals surface area contributed by atoms with Crippen LogP contribution in [-0.4, -0.2) is 61.1 Å². The fourth-order valence-corrected chi connectivity index (χ4v) is 4.69. The van der Waals surface area contributed by atoms with Gasteiger partial charge in [0, 0.05) is 32.2 Å². The van der Waals surface area contributed by atoms with Gasteiger partial charge in [0.25, 0.3) is 11.8 Å². The van der Waals surface area contributed by atoms with Gasteiger partial charge in [0.2, 0.25) is 0 Å². The lowest BCUT2D eigenvalue weighted by molar-refractivity contribution is -0.144. The topological polar surface area (TPSA) is 53.1 Å². The number of hydrogen-bond acceptors (Lipinski definition) is 4. The van der Waals surface area contributed by atoms with Gasteiger partial charge in [0.05, 0.1) is 11.4 Å². The van der Waals surface area contributed by atoms with Crippen LogP contribution < -0.4 is 9.80 Å². The standard InChI is InChI=1S/C21H27N3O3/c25-20(22-11-3-4-12-22)18-9-10-19(27-18)21(26)24-14-13-23(15-7-8-15)16-5-1-2-6-17(16)24/h1-2,5-6,15,18-19H,3-4,7-14H2/t18-,19+/m0/s1. The minimum absolute atomic E-state index is 0.00891. The summed E-state index contributed by atoms with van der Waals surface area (Å²) in [6.45, 7) is 3.22. The predicted octanol–water partition coefficient (Wildman–Crippen LogP) is 2.17. The van der Waals surface area contributed by atoms with Crippen molar-refractivity contribution in [2.75, 3.05) is 36.0 Å². The SMILES string of the molecule is O=C([C@@H]1CC[C@H](C(=O)N2CCN(C3CC3)c3ccccc32)O1)N1CCCC1. The Bertz CT molecular complexity index is 742. The highest BCUT2D eigenvalue weighted by Crippen LogP contribution is 2.40. The molecule has 1 aliphatic carbocycles. The van der Waals surface area contributed by atoms with E-state index < -0.39 is 12.2 Å².